The van der Waals surface area contributed by atoms with Crippen molar-refractivity contribution in [1.82, 2.24) is 4.31 Å². The zero-order valence-electron chi connectivity index (χ0n) is 25.0. The molecule has 1 heterocycles. The van der Waals surface area contributed by atoms with Crippen LogP contribution in [0.3, 0.4) is 0 Å². The largest absolute Gasteiger partial charge is 0.465 e. The average Bonchev–Trinajstić information content (AvgIpc) is 3.66. The summed E-state index contributed by atoms with van der Waals surface area (Å²) in [5.41, 5.74) is 1.63. The van der Waals surface area contributed by atoms with E-state index >= 15 is 0 Å². The highest BCUT2D eigenvalue weighted by atomic mass is 35.5. The van der Waals surface area contributed by atoms with Gasteiger partial charge in [0.15, 0.2) is 8.32 Å². The SMILES string of the molecule is COC(=O)C(C(=O)OC)=C(CCCO[Si](C)(C)C(C)(C)C)[C@@H]1[C@H](c2ccc(Cl)cc2)N1S(=O)(=O)c1ccc(C)cc1. The zero-order chi connectivity index (χ0) is 30.8. The molecule has 1 aliphatic heterocycles. The molecule has 0 bridgehead atoms. The van der Waals surface area contributed by atoms with Crippen LogP contribution < -0.4 is 0 Å². The third-order valence-electron chi connectivity index (χ3n) is 7.88. The van der Waals surface area contributed by atoms with E-state index in [0.717, 1.165) is 5.56 Å². The van der Waals surface area contributed by atoms with Crippen molar-refractivity contribution < 1.29 is 31.9 Å². The van der Waals surface area contributed by atoms with Gasteiger partial charge >= 0.3 is 11.9 Å². The van der Waals surface area contributed by atoms with E-state index in [2.05, 4.69) is 33.9 Å². The highest BCUT2D eigenvalue weighted by molar-refractivity contribution is 7.89. The van der Waals surface area contributed by atoms with Crippen molar-refractivity contribution in [2.75, 3.05) is 20.8 Å². The van der Waals surface area contributed by atoms with Gasteiger partial charge in [-0.1, -0.05) is 62.2 Å². The summed E-state index contributed by atoms with van der Waals surface area (Å²) >= 11 is 6.12. The number of carbonyl (C=O) groups is 2. The van der Waals surface area contributed by atoms with Gasteiger partial charge in [-0.15, -0.1) is 0 Å². The number of rotatable bonds is 11. The first-order chi connectivity index (χ1) is 19.1. The lowest BCUT2D eigenvalue weighted by molar-refractivity contribution is -0.144. The number of nitrogens with zero attached hydrogens (tertiary/aromatic N) is 1. The smallest absolute Gasteiger partial charge is 0.345 e. The summed E-state index contributed by atoms with van der Waals surface area (Å²) in [4.78, 5) is 26.1. The first kappa shape index (κ1) is 33.0. The summed E-state index contributed by atoms with van der Waals surface area (Å²) in [6, 6.07) is 11.9. The van der Waals surface area contributed by atoms with E-state index in [1.54, 1.807) is 48.5 Å². The van der Waals surface area contributed by atoms with Crippen LogP contribution in [-0.2, 0) is 33.5 Å². The number of hydrogen-bond donors (Lipinski definition) is 0. The first-order valence-corrected chi connectivity index (χ1v) is 18.2. The molecular formula is C30H40ClNO7SSi. The summed E-state index contributed by atoms with van der Waals surface area (Å²) < 4.78 is 45.5. The number of aryl methyl sites for hydroxylation is 1. The fourth-order valence-corrected chi connectivity index (χ4v) is 7.41. The Hall–Kier alpha value is -2.50. The molecule has 0 radical (unpaired) electrons. The summed E-state index contributed by atoms with van der Waals surface area (Å²) in [7, 11) is -3.72. The number of methoxy groups -OCH3 is 2. The van der Waals surface area contributed by atoms with Gasteiger partial charge in [-0.2, -0.15) is 4.31 Å². The Balaban J connectivity index is 2.11. The maximum atomic E-state index is 14.0. The third-order valence-corrected chi connectivity index (χ3v) is 14.5. The number of carbonyl (C=O) groups excluding carboxylic acids is 2. The van der Waals surface area contributed by atoms with Crippen LogP contribution in [0.2, 0.25) is 23.2 Å². The molecule has 1 saturated heterocycles. The molecule has 0 aromatic heterocycles. The average molecular weight is 622 g/mol. The molecule has 224 valence electrons. The third kappa shape index (κ3) is 7.29. The van der Waals surface area contributed by atoms with Crippen molar-refractivity contribution >= 4 is 41.9 Å². The van der Waals surface area contributed by atoms with Crippen molar-refractivity contribution in [1.29, 1.82) is 0 Å². The summed E-state index contributed by atoms with van der Waals surface area (Å²) in [6.07, 6.45) is 0.685. The molecule has 1 fully saturated rings. The van der Waals surface area contributed by atoms with Crippen LogP contribution in [-0.4, -0.2) is 59.8 Å². The predicted octanol–water partition coefficient (Wildman–Crippen LogP) is 6.21. The van der Waals surface area contributed by atoms with Gasteiger partial charge in [0, 0.05) is 11.6 Å². The van der Waals surface area contributed by atoms with Crippen molar-refractivity contribution in [3.05, 3.63) is 75.8 Å². The van der Waals surface area contributed by atoms with E-state index in [1.165, 1.54) is 18.5 Å². The van der Waals surface area contributed by atoms with Crippen LogP contribution in [0.5, 0.6) is 0 Å². The lowest BCUT2D eigenvalue weighted by atomic mass is 9.96. The Morgan fingerprint density at radius 1 is 0.951 bits per heavy atom. The molecule has 0 aliphatic carbocycles. The van der Waals surface area contributed by atoms with E-state index in [9.17, 15) is 18.0 Å². The van der Waals surface area contributed by atoms with Crippen LogP contribution >= 0.6 is 11.6 Å². The van der Waals surface area contributed by atoms with Gasteiger partial charge in [0.1, 0.15) is 5.57 Å². The van der Waals surface area contributed by atoms with E-state index in [4.69, 9.17) is 25.5 Å². The molecule has 41 heavy (non-hydrogen) atoms. The Kier molecular flexibility index (Phi) is 10.3. The van der Waals surface area contributed by atoms with Crippen LogP contribution in [0.15, 0.2) is 64.6 Å². The minimum absolute atomic E-state index is 0.00392. The summed E-state index contributed by atoms with van der Waals surface area (Å²) in [6.45, 7) is 13.0. The van der Waals surface area contributed by atoms with Gasteiger partial charge in [-0.25, -0.2) is 18.0 Å². The zero-order valence-corrected chi connectivity index (χ0v) is 27.6. The van der Waals surface area contributed by atoms with Crippen molar-refractivity contribution in [2.45, 2.75) is 75.6 Å². The maximum absolute atomic E-state index is 14.0. The van der Waals surface area contributed by atoms with Crippen molar-refractivity contribution in [3.8, 4) is 0 Å². The minimum atomic E-state index is -4.02. The highest BCUT2D eigenvalue weighted by Crippen LogP contribution is 2.53. The molecular weight excluding hydrogens is 582 g/mol. The molecule has 2 aromatic carbocycles. The quantitative estimate of drug-likeness (QED) is 0.0560. The van der Waals surface area contributed by atoms with Crippen LogP contribution in [0, 0.1) is 6.92 Å². The molecule has 0 N–H and O–H groups in total. The predicted molar refractivity (Wildman–Crippen MR) is 162 cm³/mol. The topological polar surface area (TPSA) is 99.0 Å². The second kappa shape index (κ2) is 12.8. The number of ether oxygens (including phenoxy) is 2. The number of esters is 2. The van der Waals surface area contributed by atoms with Crippen LogP contribution in [0.1, 0.15) is 50.8 Å². The number of benzene rings is 2. The number of hydrogen-bond acceptors (Lipinski definition) is 7. The standard InChI is InChI=1S/C30H40ClNO7SSi/c1-20-11-17-23(18-12-20)40(35,36)32-26(21-13-15-22(31)16-14-21)27(32)24(25(28(33)37-5)29(34)38-6)10-9-19-39-41(7,8)30(2,3)4/h11-18,26-27H,9-10,19H2,1-8H3/t26-,27+,32?/m0/s1. The van der Waals surface area contributed by atoms with E-state index in [1.807, 2.05) is 6.92 Å². The van der Waals surface area contributed by atoms with Gasteiger partial charge in [-0.05, 0) is 73.3 Å². The Morgan fingerprint density at radius 3 is 1.98 bits per heavy atom. The second-order valence-electron chi connectivity index (χ2n) is 11.7. The molecule has 0 amide bonds. The molecule has 1 unspecified atom stereocenters. The lowest BCUT2D eigenvalue weighted by Gasteiger charge is -2.36. The van der Waals surface area contributed by atoms with Crippen molar-refractivity contribution in [3.63, 3.8) is 0 Å². The first-order valence-electron chi connectivity index (χ1n) is 13.5. The Morgan fingerprint density at radius 2 is 1.49 bits per heavy atom. The molecule has 3 atom stereocenters. The second-order valence-corrected chi connectivity index (χ2v) is 18.8. The Labute approximate surface area is 249 Å². The maximum Gasteiger partial charge on any atom is 0.345 e. The molecule has 8 nitrogen and oxygen atoms in total. The van der Waals surface area contributed by atoms with Gasteiger partial charge in [0.2, 0.25) is 10.0 Å². The van der Waals surface area contributed by atoms with Crippen LogP contribution in [0.25, 0.3) is 0 Å². The molecule has 1 aliphatic rings. The highest BCUT2D eigenvalue weighted by Gasteiger charge is 2.59. The summed E-state index contributed by atoms with van der Waals surface area (Å²) in [5, 5.41) is 0.506. The van der Waals surface area contributed by atoms with Gasteiger partial charge in [0.05, 0.1) is 31.2 Å². The van der Waals surface area contributed by atoms with Crippen LogP contribution in [0.4, 0.5) is 0 Å². The van der Waals surface area contributed by atoms with Gasteiger partial charge in [-0.3, -0.25) is 0 Å². The summed E-state index contributed by atoms with van der Waals surface area (Å²) in [5.74, 6) is -1.77. The van der Waals surface area contributed by atoms with Crippen molar-refractivity contribution in [2.24, 2.45) is 0 Å². The fraction of sp³-hybridized carbons (Fsp3) is 0.467. The molecule has 0 spiro atoms. The lowest BCUT2D eigenvalue weighted by Crippen LogP contribution is -2.41. The molecule has 2 aromatic rings. The van der Waals surface area contributed by atoms with Gasteiger partial charge in [0.25, 0.3) is 0 Å². The molecule has 0 saturated carbocycles. The molecule has 11 heteroatoms. The fourth-order valence-electron chi connectivity index (χ4n) is 4.45. The van der Waals surface area contributed by atoms with E-state index in [-0.39, 0.29) is 21.9 Å². The normalized spacial score (nSPS) is 18.9. The van der Waals surface area contributed by atoms with Gasteiger partial charge < -0.3 is 13.9 Å². The number of halogens is 1. The monoisotopic (exact) mass is 621 g/mol. The number of sulfonamides is 1. The van der Waals surface area contributed by atoms with E-state index < -0.39 is 42.4 Å². The minimum Gasteiger partial charge on any atom is -0.465 e. The Bertz CT molecular complexity index is 1380. The van der Waals surface area contributed by atoms with E-state index in [0.29, 0.717) is 29.2 Å². The molecule has 3 rings (SSSR count).